The fourth-order valence-corrected chi connectivity index (χ4v) is 4.39. The SMILES string of the molecule is COc1ccc(C2(C)C(=O)c3c(Cl)cc(Cl)cc3N(Cc3ccccc3)C2=O)cc1. The molecular formula is C24H19Cl2NO3. The van der Waals surface area contributed by atoms with Crippen LogP contribution in [0.15, 0.2) is 66.7 Å². The van der Waals surface area contributed by atoms with Gasteiger partial charge in [-0.05, 0) is 42.3 Å². The van der Waals surface area contributed by atoms with Crippen molar-refractivity contribution in [1.29, 1.82) is 0 Å². The summed E-state index contributed by atoms with van der Waals surface area (Å²) in [4.78, 5) is 29.0. The van der Waals surface area contributed by atoms with E-state index in [-0.39, 0.29) is 16.7 Å². The number of Topliss-reactive ketones (excluding diaryl/α,β-unsaturated/α-hetero) is 1. The highest BCUT2D eigenvalue weighted by Gasteiger charge is 2.51. The summed E-state index contributed by atoms with van der Waals surface area (Å²) in [7, 11) is 1.56. The lowest BCUT2D eigenvalue weighted by molar-refractivity contribution is -0.122. The molecule has 0 bridgehead atoms. The number of hydrogen-bond donors (Lipinski definition) is 0. The van der Waals surface area contributed by atoms with Gasteiger partial charge in [0.2, 0.25) is 5.91 Å². The van der Waals surface area contributed by atoms with E-state index in [1.54, 1.807) is 49.3 Å². The summed E-state index contributed by atoms with van der Waals surface area (Å²) in [6, 6.07) is 19.7. The second-order valence-electron chi connectivity index (χ2n) is 7.34. The largest absolute Gasteiger partial charge is 0.497 e. The molecule has 6 heteroatoms. The molecule has 0 fully saturated rings. The molecular weight excluding hydrogens is 421 g/mol. The zero-order valence-corrected chi connectivity index (χ0v) is 18.0. The number of ketones is 1. The molecule has 0 aromatic heterocycles. The van der Waals surface area contributed by atoms with E-state index in [1.165, 1.54) is 6.07 Å². The Kier molecular flexibility index (Phi) is 5.31. The van der Waals surface area contributed by atoms with Gasteiger partial charge in [-0.3, -0.25) is 9.59 Å². The van der Waals surface area contributed by atoms with Crippen molar-refractivity contribution in [2.45, 2.75) is 18.9 Å². The van der Waals surface area contributed by atoms with E-state index >= 15 is 0 Å². The minimum absolute atomic E-state index is 0.229. The van der Waals surface area contributed by atoms with Crippen LogP contribution in [0.25, 0.3) is 0 Å². The molecule has 0 aliphatic carbocycles. The van der Waals surface area contributed by atoms with Crippen LogP contribution in [0.3, 0.4) is 0 Å². The van der Waals surface area contributed by atoms with Crippen LogP contribution in [-0.4, -0.2) is 18.8 Å². The monoisotopic (exact) mass is 439 g/mol. The molecule has 1 atom stereocenters. The van der Waals surface area contributed by atoms with Crippen LogP contribution in [0.5, 0.6) is 5.75 Å². The van der Waals surface area contributed by atoms with Crippen molar-refractivity contribution in [2.75, 3.05) is 12.0 Å². The van der Waals surface area contributed by atoms with Crippen molar-refractivity contribution in [3.05, 3.63) is 93.5 Å². The van der Waals surface area contributed by atoms with Gasteiger partial charge in [-0.1, -0.05) is 65.7 Å². The fraction of sp³-hybridized carbons (Fsp3) is 0.167. The summed E-state index contributed by atoms with van der Waals surface area (Å²) in [6.45, 7) is 1.94. The minimum Gasteiger partial charge on any atom is -0.497 e. The smallest absolute Gasteiger partial charge is 0.245 e. The molecule has 0 radical (unpaired) electrons. The zero-order chi connectivity index (χ0) is 21.5. The number of methoxy groups -OCH3 is 1. The highest BCUT2D eigenvalue weighted by Crippen LogP contribution is 2.44. The maximum absolute atomic E-state index is 13.8. The molecule has 1 amide bonds. The predicted octanol–water partition coefficient (Wildman–Crippen LogP) is 5.69. The number of hydrogen-bond acceptors (Lipinski definition) is 3. The predicted molar refractivity (Wildman–Crippen MR) is 119 cm³/mol. The molecule has 4 nitrogen and oxygen atoms in total. The molecule has 0 saturated heterocycles. The first-order chi connectivity index (χ1) is 14.4. The van der Waals surface area contributed by atoms with E-state index in [0.717, 1.165) is 5.56 Å². The summed E-state index contributed by atoms with van der Waals surface area (Å²) in [5.74, 6) is -0.0320. The molecule has 0 spiro atoms. The van der Waals surface area contributed by atoms with Gasteiger partial charge >= 0.3 is 0 Å². The molecule has 1 heterocycles. The second kappa shape index (κ2) is 7.78. The third-order valence-corrected chi connectivity index (χ3v) is 6.05. The van der Waals surface area contributed by atoms with Crippen LogP contribution in [0.4, 0.5) is 5.69 Å². The van der Waals surface area contributed by atoms with Gasteiger partial charge in [0.1, 0.15) is 11.2 Å². The highest BCUT2D eigenvalue weighted by molar-refractivity contribution is 6.41. The number of fused-ring (bicyclic) bond motifs is 1. The average molecular weight is 440 g/mol. The standard InChI is InChI=1S/C24H19Cl2NO3/c1-24(16-8-10-18(30-2)11-9-16)22(28)21-19(26)12-17(25)13-20(21)27(23(24)29)14-15-6-4-3-5-7-15/h3-13H,14H2,1-2H3. The molecule has 0 saturated carbocycles. The van der Waals surface area contributed by atoms with Crippen molar-refractivity contribution < 1.29 is 14.3 Å². The van der Waals surface area contributed by atoms with Gasteiger partial charge in [-0.15, -0.1) is 0 Å². The summed E-state index contributed by atoms with van der Waals surface area (Å²) < 4.78 is 5.22. The van der Waals surface area contributed by atoms with Crippen LogP contribution in [0.1, 0.15) is 28.4 Å². The lowest BCUT2D eigenvalue weighted by Crippen LogP contribution is -2.54. The van der Waals surface area contributed by atoms with Crippen LogP contribution < -0.4 is 9.64 Å². The van der Waals surface area contributed by atoms with E-state index < -0.39 is 5.41 Å². The Balaban J connectivity index is 1.91. The Labute approximate surface area is 185 Å². The number of carbonyl (C=O) groups excluding carboxylic acids is 2. The first-order valence-corrected chi connectivity index (χ1v) is 10.2. The molecule has 30 heavy (non-hydrogen) atoms. The molecule has 4 rings (SSSR count). The fourth-order valence-electron chi connectivity index (χ4n) is 3.83. The molecule has 1 unspecified atom stereocenters. The van der Waals surface area contributed by atoms with Crippen molar-refractivity contribution >= 4 is 40.6 Å². The van der Waals surface area contributed by atoms with Gasteiger partial charge in [0.15, 0.2) is 5.78 Å². The van der Waals surface area contributed by atoms with Gasteiger partial charge in [-0.25, -0.2) is 0 Å². The van der Waals surface area contributed by atoms with E-state index in [1.807, 2.05) is 30.3 Å². The van der Waals surface area contributed by atoms with E-state index in [2.05, 4.69) is 0 Å². The maximum atomic E-state index is 13.8. The molecule has 0 N–H and O–H groups in total. The highest BCUT2D eigenvalue weighted by atomic mass is 35.5. The van der Waals surface area contributed by atoms with Gasteiger partial charge in [0, 0.05) is 5.02 Å². The quantitative estimate of drug-likeness (QED) is 0.490. The Morgan fingerprint density at radius 2 is 1.63 bits per heavy atom. The number of ether oxygens (including phenoxy) is 1. The number of halogens is 2. The number of nitrogens with zero attached hydrogens (tertiary/aromatic N) is 1. The molecule has 1 aliphatic rings. The normalized spacial score (nSPS) is 18.3. The second-order valence-corrected chi connectivity index (χ2v) is 8.18. The van der Waals surface area contributed by atoms with Crippen LogP contribution >= 0.6 is 23.2 Å². The Bertz CT molecular complexity index is 1130. The number of anilines is 1. The first kappa shape index (κ1) is 20.5. The Morgan fingerprint density at radius 3 is 2.27 bits per heavy atom. The molecule has 3 aromatic rings. The minimum atomic E-state index is -1.43. The van der Waals surface area contributed by atoms with Gasteiger partial charge in [0.25, 0.3) is 0 Å². The maximum Gasteiger partial charge on any atom is 0.245 e. The van der Waals surface area contributed by atoms with Gasteiger partial charge in [-0.2, -0.15) is 0 Å². The van der Waals surface area contributed by atoms with E-state index in [4.69, 9.17) is 27.9 Å². The molecule has 3 aromatic carbocycles. The van der Waals surface area contributed by atoms with Crippen LogP contribution in [0, 0.1) is 0 Å². The number of amides is 1. The third-order valence-electron chi connectivity index (χ3n) is 5.53. The summed E-state index contributed by atoms with van der Waals surface area (Å²) in [6.07, 6.45) is 0. The lowest BCUT2D eigenvalue weighted by atomic mass is 9.72. The summed E-state index contributed by atoms with van der Waals surface area (Å²) >= 11 is 12.7. The van der Waals surface area contributed by atoms with Gasteiger partial charge < -0.3 is 9.64 Å². The summed E-state index contributed by atoms with van der Waals surface area (Å²) in [5.41, 5.74) is 0.811. The third kappa shape index (κ3) is 3.26. The van der Waals surface area contributed by atoms with Crippen molar-refractivity contribution in [3.8, 4) is 5.75 Å². The van der Waals surface area contributed by atoms with Crippen molar-refractivity contribution in [2.24, 2.45) is 0 Å². The zero-order valence-electron chi connectivity index (χ0n) is 16.5. The van der Waals surface area contributed by atoms with E-state index in [0.29, 0.717) is 34.1 Å². The Morgan fingerprint density at radius 1 is 0.967 bits per heavy atom. The number of rotatable bonds is 4. The molecule has 152 valence electrons. The average Bonchev–Trinajstić information content (AvgIpc) is 2.75. The van der Waals surface area contributed by atoms with Crippen LogP contribution in [0.2, 0.25) is 10.0 Å². The van der Waals surface area contributed by atoms with Crippen molar-refractivity contribution in [3.63, 3.8) is 0 Å². The number of carbonyl (C=O) groups is 2. The lowest BCUT2D eigenvalue weighted by Gasteiger charge is -2.40. The molecule has 1 aliphatic heterocycles. The first-order valence-electron chi connectivity index (χ1n) is 9.40. The van der Waals surface area contributed by atoms with Gasteiger partial charge in [0.05, 0.1) is 29.9 Å². The topological polar surface area (TPSA) is 46.6 Å². The van der Waals surface area contributed by atoms with Crippen molar-refractivity contribution in [1.82, 2.24) is 0 Å². The number of benzene rings is 3. The van der Waals surface area contributed by atoms with Crippen LogP contribution in [-0.2, 0) is 16.8 Å². The summed E-state index contributed by atoms with van der Waals surface area (Å²) in [5, 5.41) is 0.596. The Hall–Kier alpha value is -2.82. The van der Waals surface area contributed by atoms with E-state index in [9.17, 15) is 9.59 Å².